The Morgan fingerprint density at radius 1 is 1.24 bits per heavy atom. The third-order valence-electron chi connectivity index (χ3n) is 2.67. The van der Waals surface area contributed by atoms with Gasteiger partial charge in [-0.1, -0.05) is 13.0 Å². The normalized spacial score (nSPS) is 14.2. The molecule has 3 nitrogen and oxygen atoms in total. The maximum Gasteiger partial charge on any atom is 0.161 e. The molecule has 1 aromatic rings. The van der Waals surface area contributed by atoms with Crippen molar-refractivity contribution in [2.45, 2.75) is 45.8 Å². The summed E-state index contributed by atoms with van der Waals surface area (Å²) in [4.78, 5) is 0. The zero-order valence-corrected chi connectivity index (χ0v) is 11.2. The average Bonchev–Trinajstić information content (AvgIpc) is 2.28. The molecule has 2 atom stereocenters. The van der Waals surface area contributed by atoms with E-state index in [0.717, 1.165) is 24.3 Å². The number of aryl methyl sites for hydroxylation is 1. The van der Waals surface area contributed by atoms with Crippen LogP contribution in [0.2, 0.25) is 0 Å². The Morgan fingerprint density at radius 2 is 1.94 bits per heavy atom. The number of rotatable bonds is 6. The van der Waals surface area contributed by atoms with Crippen molar-refractivity contribution in [3.8, 4) is 11.5 Å². The highest BCUT2D eigenvalue weighted by atomic mass is 16.5. The molecule has 1 rings (SSSR count). The monoisotopic (exact) mass is 237 g/mol. The van der Waals surface area contributed by atoms with Crippen LogP contribution in [0.1, 0.15) is 32.8 Å². The summed E-state index contributed by atoms with van der Waals surface area (Å²) >= 11 is 0. The summed E-state index contributed by atoms with van der Waals surface area (Å²) in [5.74, 6) is 1.58. The van der Waals surface area contributed by atoms with E-state index in [1.807, 2.05) is 26.0 Å². The lowest BCUT2D eigenvalue weighted by Crippen LogP contribution is -2.24. The molecule has 1 aromatic carbocycles. The van der Waals surface area contributed by atoms with Gasteiger partial charge in [-0.3, -0.25) is 0 Å². The van der Waals surface area contributed by atoms with Crippen molar-refractivity contribution in [2.24, 2.45) is 5.73 Å². The van der Waals surface area contributed by atoms with Crippen molar-refractivity contribution >= 4 is 0 Å². The molecule has 0 saturated heterocycles. The second kappa shape index (κ2) is 6.50. The highest BCUT2D eigenvalue weighted by Crippen LogP contribution is 2.29. The van der Waals surface area contributed by atoms with E-state index in [2.05, 4.69) is 13.0 Å². The first-order valence-electron chi connectivity index (χ1n) is 6.16. The molecule has 3 heteroatoms. The van der Waals surface area contributed by atoms with Gasteiger partial charge in [0.25, 0.3) is 0 Å². The van der Waals surface area contributed by atoms with Gasteiger partial charge in [-0.2, -0.15) is 0 Å². The minimum absolute atomic E-state index is 0.0939. The van der Waals surface area contributed by atoms with E-state index in [0.29, 0.717) is 0 Å². The maximum atomic E-state index is 5.84. The molecule has 0 saturated carbocycles. The fourth-order valence-electron chi connectivity index (χ4n) is 1.82. The van der Waals surface area contributed by atoms with Crippen molar-refractivity contribution in [1.82, 2.24) is 0 Å². The molecule has 0 radical (unpaired) electrons. The fourth-order valence-corrected chi connectivity index (χ4v) is 1.82. The lowest BCUT2D eigenvalue weighted by atomic mass is 10.1. The summed E-state index contributed by atoms with van der Waals surface area (Å²) in [6, 6.07) is 6.20. The topological polar surface area (TPSA) is 44.5 Å². The average molecular weight is 237 g/mol. The van der Waals surface area contributed by atoms with Crippen LogP contribution in [0.5, 0.6) is 11.5 Å². The summed E-state index contributed by atoms with van der Waals surface area (Å²) in [7, 11) is 1.66. The maximum absolute atomic E-state index is 5.84. The predicted octanol–water partition coefficient (Wildman–Crippen LogP) is 2.76. The van der Waals surface area contributed by atoms with Crippen LogP contribution in [0, 0.1) is 0 Å². The summed E-state index contributed by atoms with van der Waals surface area (Å²) < 4.78 is 11.2. The highest BCUT2D eigenvalue weighted by molar-refractivity contribution is 5.43. The number of hydrogen-bond acceptors (Lipinski definition) is 3. The molecule has 0 amide bonds. The number of hydrogen-bond donors (Lipinski definition) is 1. The van der Waals surface area contributed by atoms with Crippen LogP contribution in [0.15, 0.2) is 18.2 Å². The molecule has 0 bridgehead atoms. The lowest BCUT2D eigenvalue weighted by Gasteiger charge is -2.18. The Hall–Kier alpha value is -1.22. The molecule has 0 aliphatic heterocycles. The summed E-state index contributed by atoms with van der Waals surface area (Å²) in [5, 5.41) is 0. The number of nitrogens with two attached hydrogens (primary N) is 1. The highest BCUT2D eigenvalue weighted by Gasteiger charge is 2.11. The van der Waals surface area contributed by atoms with Crippen molar-refractivity contribution in [3.05, 3.63) is 23.8 Å². The van der Waals surface area contributed by atoms with Crippen LogP contribution < -0.4 is 15.2 Å². The van der Waals surface area contributed by atoms with Crippen LogP contribution in [0.25, 0.3) is 0 Å². The molecular weight excluding hydrogens is 214 g/mol. The van der Waals surface area contributed by atoms with Crippen LogP contribution in [-0.2, 0) is 6.42 Å². The van der Waals surface area contributed by atoms with E-state index in [1.54, 1.807) is 7.11 Å². The second-order valence-electron chi connectivity index (χ2n) is 4.48. The standard InChI is InChI=1S/C14H23NO2/c1-5-12-6-7-13(14(9-12)16-4)17-11(3)8-10(2)15/h6-7,9-11H,5,8,15H2,1-4H3. The van der Waals surface area contributed by atoms with Gasteiger partial charge in [-0.05, 0) is 44.4 Å². The van der Waals surface area contributed by atoms with E-state index < -0.39 is 0 Å². The van der Waals surface area contributed by atoms with Crippen molar-refractivity contribution in [2.75, 3.05) is 7.11 Å². The Kier molecular flexibility index (Phi) is 5.29. The lowest BCUT2D eigenvalue weighted by molar-refractivity contribution is 0.194. The van der Waals surface area contributed by atoms with Crippen LogP contribution in [0.4, 0.5) is 0 Å². The van der Waals surface area contributed by atoms with E-state index in [4.69, 9.17) is 15.2 Å². The van der Waals surface area contributed by atoms with Gasteiger partial charge in [0.05, 0.1) is 13.2 Å². The molecule has 0 aromatic heterocycles. The zero-order chi connectivity index (χ0) is 12.8. The molecule has 96 valence electrons. The van der Waals surface area contributed by atoms with E-state index in [9.17, 15) is 0 Å². The Bertz CT molecular complexity index is 350. The van der Waals surface area contributed by atoms with Gasteiger partial charge in [0.2, 0.25) is 0 Å². The molecule has 0 fully saturated rings. The van der Waals surface area contributed by atoms with E-state index in [-0.39, 0.29) is 12.1 Å². The minimum Gasteiger partial charge on any atom is -0.493 e. The zero-order valence-electron chi connectivity index (χ0n) is 11.2. The van der Waals surface area contributed by atoms with Gasteiger partial charge >= 0.3 is 0 Å². The molecule has 0 spiro atoms. The number of benzene rings is 1. The third-order valence-corrected chi connectivity index (χ3v) is 2.67. The smallest absolute Gasteiger partial charge is 0.161 e. The third kappa shape index (κ3) is 4.27. The van der Waals surface area contributed by atoms with Crippen LogP contribution in [0.3, 0.4) is 0 Å². The minimum atomic E-state index is 0.0939. The van der Waals surface area contributed by atoms with Crippen molar-refractivity contribution in [3.63, 3.8) is 0 Å². The summed E-state index contributed by atoms with van der Waals surface area (Å²) in [5.41, 5.74) is 7.00. The Balaban J connectivity index is 2.76. The molecule has 0 aliphatic carbocycles. The van der Waals surface area contributed by atoms with Crippen molar-refractivity contribution < 1.29 is 9.47 Å². The fraction of sp³-hybridized carbons (Fsp3) is 0.571. The molecule has 17 heavy (non-hydrogen) atoms. The molecule has 2 N–H and O–H groups in total. The molecule has 0 heterocycles. The Labute approximate surface area is 104 Å². The SMILES string of the molecule is CCc1ccc(OC(C)CC(C)N)c(OC)c1. The quantitative estimate of drug-likeness (QED) is 0.827. The first kappa shape index (κ1) is 13.8. The molecular formula is C14H23NO2. The van der Waals surface area contributed by atoms with E-state index in [1.165, 1.54) is 5.56 Å². The molecule has 0 aliphatic rings. The first-order valence-corrected chi connectivity index (χ1v) is 6.16. The first-order chi connectivity index (χ1) is 8.06. The van der Waals surface area contributed by atoms with Gasteiger partial charge in [0, 0.05) is 6.04 Å². The van der Waals surface area contributed by atoms with Crippen molar-refractivity contribution in [1.29, 1.82) is 0 Å². The van der Waals surface area contributed by atoms with Gasteiger partial charge in [0.1, 0.15) is 0 Å². The number of ether oxygens (including phenoxy) is 2. The number of methoxy groups -OCH3 is 1. The van der Waals surface area contributed by atoms with Gasteiger partial charge in [-0.15, -0.1) is 0 Å². The van der Waals surface area contributed by atoms with Crippen LogP contribution in [-0.4, -0.2) is 19.3 Å². The second-order valence-corrected chi connectivity index (χ2v) is 4.48. The van der Waals surface area contributed by atoms with Gasteiger partial charge in [0.15, 0.2) is 11.5 Å². The van der Waals surface area contributed by atoms with E-state index >= 15 is 0 Å². The summed E-state index contributed by atoms with van der Waals surface area (Å²) in [6.07, 6.45) is 1.92. The van der Waals surface area contributed by atoms with Crippen LogP contribution >= 0.6 is 0 Å². The largest absolute Gasteiger partial charge is 0.493 e. The Morgan fingerprint density at radius 3 is 2.47 bits per heavy atom. The molecule has 2 unspecified atom stereocenters. The van der Waals surface area contributed by atoms with Gasteiger partial charge < -0.3 is 15.2 Å². The summed E-state index contributed by atoms with van der Waals surface area (Å²) in [6.45, 7) is 6.13. The predicted molar refractivity (Wildman–Crippen MR) is 70.7 cm³/mol. The van der Waals surface area contributed by atoms with Gasteiger partial charge in [-0.25, -0.2) is 0 Å².